The summed E-state index contributed by atoms with van der Waals surface area (Å²) in [6.45, 7) is 10.9. The third-order valence-corrected chi connectivity index (χ3v) is 25.9. The van der Waals surface area contributed by atoms with Gasteiger partial charge in [0.25, 0.3) is 0 Å². The molecule has 39 heteroatoms. The first-order valence-corrected chi connectivity index (χ1v) is 47.1. The number of aromatic nitrogens is 2. The van der Waals surface area contributed by atoms with Gasteiger partial charge in [-0.3, -0.25) is 81.5 Å². The van der Waals surface area contributed by atoms with Crippen molar-refractivity contribution in [2.24, 2.45) is 29.2 Å². The van der Waals surface area contributed by atoms with Gasteiger partial charge in [0.2, 0.25) is 94.5 Å². The summed E-state index contributed by atoms with van der Waals surface area (Å²) in [6, 6.07) is 2.96. The van der Waals surface area contributed by atoms with Crippen molar-refractivity contribution in [3.8, 4) is 5.75 Å². The number of carbonyl (C=O) groups is 17. The molecule has 4 aliphatic heterocycles. The number of aliphatic hydroxyl groups excluding tert-OH is 1. The van der Waals surface area contributed by atoms with E-state index in [0.29, 0.717) is 77.3 Å². The third kappa shape index (κ3) is 28.5. The van der Waals surface area contributed by atoms with Gasteiger partial charge in [0, 0.05) is 125 Å². The molecule has 720 valence electrons. The highest BCUT2D eigenvalue weighted by atomic mass is 32.2. The lowest BCUT2D eigenvalue weighted by Gasteiger charge is -2.36. The van der Waals surface area contributed by atoms with E-state index >= 15 is 33.6 Å². The van der Waals surface area contributed by atoms with E-state index in [4.69, 9.17) is 11.5 Å². The van der Waals surface area contributed by atoms with Crippen LogP contribution < -0.4 is 59.3 Å². The van der Waals surface area contributed by atoms with Crippen molar-refractivity contribution in [1.82, 2.24) is 87.2 Å². The van der Waals surface area contributed by atoms with Crippen LogP contribution in [0.2, 0.25) is 0 Å². The number of aromatic hydroxyl groups is 1. The largest absolute Gasteiger partial charge is 0.508 e. The number of aromatic amines is 2. The molecule has 14 atom stereocenters. The second-order valence-corrected chi connectivity index (χ2v) is 36.9. The summed E-state index contributed by atoms with van der Waals surface area (Å²) in [5.41, 5.74) is 15.0. The van der Waals surface area contributed by atoms with Crippen LogP contribution in [0.15, 0.2) is 85.2 Å². The van der Waals surface area contributed by atoms with Crippen LogP contribution in [0.3, 0.4) is 0 Å². The number of rotatable bonds is 22. The second-order valence-electron chi connectivity index (χ2n) is 35.9. The van der Waals surface area contributed by atoms with Gasteiger partial charge >= 0.3 is 0 Å². The number of amides is 16. The van der Waals surface area contributed by atoms with Crippen LogP contribution in [-0.4, -0.2) is 307 Å². The number of benzene rings is 3. The van der Waals surface area contributed by atoms with Gasteiger partial charge in [-0.25, -0.2) is 0 Å². The summed E-state index contributed by atoms with van der Waals surface area (Å²) in [5, 5.41) is 47.4. The van der Waals surface area contributed by atoms with E-state index in [1.54, 1.807) is 63.2 Å². The van der Waals surface area contributed by atoms with Crippen molar-refractivity contribution in [2.45, 2.75) is 249 Å². The number of likely N-dealkylation sites (N-methyl/N-ethyl adjacent to an activating group) is 3. The number of hydrogen-bond acceptors (Lipinski definition) is 21. The van der Waals surface area contributed by atoms with Gasteiger partial charge in [-0.05, 0) is 124 Å². The van der Waals surface area contributed by atoms with Crippen molar-refractivity contribution in [3.05, 3.63) is 102 Å². The highest BCUT2D eigenvalue weighted by Crippen LogP contribution is 2.30. The predicted octanol–water partition coefficient (Wildman–Crippen LogP) is 1.10. The molecule has 17 N–H and O–H groups in total. The number of para-hydroxylation sites is 2. The number of carbonyl (C=O) groups excluding carboxylic acids is 17. The highest BCUT2D eigenvalue weighted by molar-refractivity contribution is 8.00. The minimum Gasteiger partial charge on any atom is -0.508 e. The Kier molecular flexibility index (Phi) is 38.9. The maximum Gasteiger partial charge on any atom is 0.246 e. The van der Waals surface area contributed by atoms with Gasteiger partial charge in [-0.1, -0.05) is 116 Å². The summed E-state index contributed by atoms with van der Waals surface area (Å²) in [4.78, 5) is 264. The Hall–Kier alpha value is -12.0. The fraction of sp³-hybridized carbons (Fsp3) is 0.581. The minimum atomic E-state index is -1.74. The molecular weight excluding hydrogens is 1720 g/mol. The number of nitrogens with zero attached hydrogens (tertiary/aromatic N) is 6. The minimum absolute atomic E-state index is 0.00897. The van der Waals surface area contributed by atoms with Gasteiger partial charge in [0.15, 0.2) is 5.78 Å². The number of Topliss-reactive ketones (excluding diaryl/α,β-unsaturated/α-hetero) is 1. The molecule has 9 rings (SSSR count). The van der Waals surface area contributed by atoms with Gasteiger partial charge in [-0.2, -0.15) is 0 Å². The number of ketones is 1. The van der Waals surface area contributed by atoms with E-state index in [9.17, 15) is 58.2 Å². The van der Waals surface area contributed by atoms with E-state index in [0.717, 1.165) is 45.7 Å². The average molecular weight is 1850 g/mol. The van der Waals surface area contributed by atoms with Crippen molar-refractivity contribution in [3.63, 3.8) is 0 Å². The topological polar surface area (TPSA) is 542 Å². The number of H-pyrrole nitrogens is 2. The number of piperidine rings is 1. The summed E-state index contributed by atoms with van der Waals surface area (Å²) in [7, 11) is 4.09. The first kappa shape index (κ1) is 104. The molecule has 2 aromatic heterocycles. The lowest BCUT2D eigenvalue weighted by Crippen LogP contribution is -2.61. The van der Waals surface area contributed by atoms with Crippen molar-refractivity contribution in [1.29, 1.82) is 0 Å². The van der Waals surface area contributed by atoms with Gasteiger partial charge in [0.05, 0.1) is 37.4 Å². The molecule has 3 aromatic carbocycles. The number of phenols is 1. The Labute approximate surface area is 773 Å². The van der Waals surface area contributed by atoms with Crippen molar-refractivity contribution < 1.29 is 91.7 Å². The fourth-order valence-electron chi connectivity index (χ4n) is 17.4. The molecular formula is C93H133N19O19S. The van der Waals surface area contributed by atoms with Crippen LogP contribution in [0.25, 0.3) is 21.8 Å². The second kappa shape index (κ2) is 49.5. The molecule has 0 aliphatic carbocycles. The standard InChI is InChI=1S/C93H133N19O19S/c1-11-13-27-73-87(125)102-66(37-53(3)4)85(123)106-72(84(122)99-49-81(119)110-34-20-15-21-35-110)51-132-52-80(118)101-68(39-56-30-32-60(113)33-31-56)89(127)107(8)55(7)82(120)103-70(44-78(95)116)91(129)111-36-22-29-74(111)88(126)105-71(45-94)86(124)104-67(38-54(5)6)92(130)112-50-61(114)43-76(112)77(115)42-57(40-58-46-96-64-25-18-16-23-62(58)64)83(121)98-48-79(117)100-69(41-59-47-97-65-26-19-17-24-63(59)65)90(128)109(10)75(28-14-12-2)93(131)108(73)9/h16-19,23-26,30-33,46-47,53-55,57,61,66-76,96-97,113-114H,11-15,20-22,27-29,34-45,48-52,94H2,1-10H3,(H2,95,116)(H,98,121)(H,99,122)(H,100,117)(H,101,118)(H,102,125)(H,103,120)(H,104,124)(H,105,126)(H,106,123)/t55-,57+,61+,66-,67-,68-,69-,70-,71-,72-,73-,74-,75-,76-/m0/s1. The van der Waals surface area contributed by atoms with Gasteiger partial charge in [-0.15, -0.1) is 11.8 Å². The maximum absolute atomic E-state index is 15.6. The molecule has 4 aliphatic rings. The lowest BCUT2D eigenvalue weighted by molar-refractivity contribution is -0.149. The van der Waals surface area contributed by atoms with E-state index in [1.807, 2.05) is 44.2 Å². The number of aliphatic hydroxyl groups is 1. The van der Waals surface area contributed by atoms with Crippen LogP contribution >= 0.6 is 11.8 Å². The molecule has 0 spiro atoms. The van der Waals surface area contributed by atoms with E-state index in [-0.39, 0.29) is 107 Å². The number of nitrogens with two attached hydrogens (primary N) is 2. The van der Waals surface area contributed by atoms with Crippen molar-refractivity contribution >= 4 is 134 Å². The Morgan fingerprint density at radius 2 is 1.11 bits per heavy atom. The fourth-order valence-corrected chi connectivity index (χ4v) is 18.3. The maximum atomic E-state index is 15.6. The van der Waals surface area contributed by atoms with Crippen LogP contribution in [0, 0.1) is 17.8 Å². The summed E-state index contributed by atoms with van der Waals surface area (Å²) >= 11 is 0.855. The summed E-state index contributed by atoms with van der Waals surface area (Å²) in [5.74, 6) is -16.5. The Bertz CT molecular complexity index is 4920. The van der Waals surface area contributed by atoms with Crippen molar-refractivity contribution in [2.75, 3.05) is 78.5 Å². The quantitative estimate of drug-likeness (QED) is 0.0461. The number of hydrogen-bond donors (Lipinski definition) is 15. The molecule has 4 saturated heterocycles. The molecule has 0 radical (unpaired) electrons. The van der Waals surface area contributed by atoms with E-state index in [2.05, 4.69) is 57.8 Å². The number of thioether (sulfide) groups is 1. The molecule has 5 aromatic rings. The Morgan fingerprint density at radius 1 is 0.553 bits per heavy atom. The molecule has 4 fully saturated rings. The molecule has 0 unspecified atom stereocenters. The highest BCUT2D eigenvalue weighted by Gasteiger charge is 2.46. The van der Waals surface area contributed by atoms with Gasteiger partial charge < -0.3 is 109 Å². The number of phenolic OH excluding ortho intramolecular Hbond substituents is 1. The number of unbranched alkanes of at least 4 members (excludes halogenated alkanes) is 2. The monoisotopic (exact) mass is 1850 g/mol. The number of primary amides is 1. The normalized spacial score (nSPS) is 25.4. The number of fused-ring (bicyclic) bond motifs is 4. The zero-order valence-electron chi connectivity index (χ0n) is 77.2. The predicted molar refractivity (Wildman–Crippen MR) is 493 cm³/mol. The van der Waals surface area contributed by atoms with Gasteiger partial charge in [0.1, 0.15) is 72.2 Å². The molecule has 0 saturated carbocycles. The molecule has 38 nitrogen and oxygen atoms in total. The van der Waals surface area contributed by atoms with Crippen LogP contribution in [0.4, 0.5) is 0 Å². The lowest BCUT2D eigenvalue weighted by atomic mass is 9.90. The number of likely N-dealkylation sites (tertiary alicyclic amines) is 1. The molecule has 132 heavy (non-hydrogen) atoms. The molecule has 0 bridgehead atoms. The smallest absolute Gasteiger partial charge is 0.246 e. The van der Waals surface area contributed by atoms with E-state index in [1.165, 1.54) is 62.1 Å². The summed E-state index contributed by atoms with van der Waals surface area (Å²) in [6.07, 6.45) is 4.67. The first-order valence-electron chi connectivity index (χ1n) is 45.9. The first-order chi connectivity index (χ1) is 62.9. The molecule has 6 heterocycles. The average Bonchev–Trinajstić information content (AvgIpc) is 1.71. The summed E-state index contributed by atoms with van der Waals surface area (Å²) < 4.78 is 0. The zero-order valence-corrected chi connectivity index (χ0v) is 78.0. The van der Waals surface area contributed by atoms with E-state index < -0.39 is 217 Å². The Morgan fingerprint density at radius 3 is 1.73 bits per heavy atom. The third-order valence-electron chi connectivity index (χ3n) is 24.9. The molecule has 16 amide bonds. The zero-order chi connectivity index (χ0) is 96.3. The number of nitrogens with one attached hydrogen (secondary N) is 11. The SMILES string of the molecule is CCCC[C@H]1C(=O)N(C)[C@@H](CCCC)C(=O)N[C@@H](CC(C)C)C(=O)N[C@H](C(=O)NCC(=O)N2CCCCC2)CSCC(=O)N[C@@H](Cc2ccc(O)cc2)C(=O)N(C)[C@@H](C)C(=O)N[C@@H](CC(N)=O)C(=O)N2CCC[C@H]2C(=O)N[C@@H](CN)C(=O)N[C@@H](CC(C)C)C(=O)N2C[C@H](O)C[C@H]2C(=O)C[C@@H](Cc2c[nH]c3ccccc23)C(=O)NCC(=O)N[C@@H](Cc2c[nH]c3ccccc23)C(=O)N1C. The van der Waals surface area contributed by atoms with Crippen LogP contribution in [-0.2, 0) is 101 Å². The van der Waals surface area contributed by atoms with Crippen LogP contribution in [0.5, 0.6) is 5.75 Å². The van der Waals surface area contributed by atoms with Crippen LogP contribution in [0.1, 0.15) is 168 Å². The Balaban J connectivity index is 1.07.